The van der Waals surface area contributed by atoms with Crippen LogP contribution in [0.15, 0.2) is 0 Å². The Bertz CT molecular complexity index is 110. The fourth-order valence-electron chi connectivity index (χ4n) is 1.45. The summed E-state index contributed by atoms with van der Waals surface area (Å²) in [5, 5.41) is 0. The molecule has 1 rings (SSSR count). The van der Waals surface area contributed by atoms with E-state index < -0.39 is 6.17 Å². The highest BCUT2D eigenvalue weighted by molar-refractivity contribution is 7.99. The predicted octanol–water partition coefficient (Wildman–Crippen LogP) is 1.82. The lowest BCUT2D eigenvalue weighted by molar-refractivity contribution is 0.229. The van der Waals surface area contributed by atoms with Gasteiger partial charge in [0.25, 0.3) is 0 Å². The van der Waals surface area contributed by atoms with E-state index in [-0.39, 0.29) is 0 Å². The van der Waals surface area contributed by atoms with Crippen LogP contribution in [-0.2, 0) is 0 Å². The molecule has 2 unspecified atom stereocenters. The molecular weight excluding hydrogens is 161 g/mol. The van der Waals surface area contributed by atoms with Crippen molar-refractivity contribution in [1.82, 2.24) is 0 Å². The lowest BCUT2D eigenvalue weighted by Crippen LogP contribution is -2.24. The molecule has 0 aliphatic carbocycles. The Morgan fingerprint density at radius 2 is 2.36 bits per heavy atom. The van der Waals surface area contributed by atoms with Gasteiger partial charge in [0.15, 0.2) is 0 Å². The summed E-state index contributed by atoms with van der Waals surface area (Å²) >= 11 is 1.73. The van der Waals surface area contributed by atoms with Gasteiger partial charge in [-0.25, -0.2) is 4.39 Å². The zero-order chi connectivity index (χ0) is 8.10. The van der Waals surface area contributed by atoms with Gasteiger partial charge in [-0.2, -0.15) is 11.8 Å². The SMILES string of the molecule is NCCCC1CCSCC1F. The van der Waals surface area contributed by atoms with Crippen LogP contribution in [0.4, 0.5) is 4.39 Å². The van der Waals surface area contributed by atoms with Crippen molar-refractivity contribution in [3.05, 3.63) is 0 Å². The fraction of sp³-hybridized carbons (Fsp3) is 1.00. The number of hydrogen-bond donors (Lipinski definition) is 1. The summed E-state index contributed by atoms with van der Waals surface area (Å²) < 4.78 is 13.1. The highest BCUT2D eigenvalue weighted by atomic mass is 32.2. The van der Waals surface area contributed by atoms with Gasteiger partial charge in [0.2, 0.25) is 0 Å². The third-order valence-electron chi connectivity index (χ3n) is 2.20. The van der Waals surface area contributed by atoms with Gasteiger partial charge in [-0.3, -0.25) is 0 Å². The largest absolute Gasteiger partial charge is 0.330 e. The third kappa shape index (κ3) is 2.99. The molecule has 2 N–H and O–H groups in total. The van der Waals surface area contributed by atoms with Crippen LogP contribution in [0.1, 0.15) is 19.3 Å². The molecule has 66 valence electrons. The Hall–Kier alpha value is 0.240. The average molecular weight is 177 g/mol. The molecule has 1 aliphatic heterocycles. The van der Waals surface area contributed by atoms with Gasteiger partial charge in [0.1, 0.15) is 6.17 Å². The van der Waals surface area contributed by atoms with Crippen molar-refractivity contribution in [3.63, 3.8) is 0 Å². The number of halogens is 1. The number of rotatable bonds is 3. The lowest BCUT2D eigenvalue weighted by atomic mass is 9.95. The molecule has 2 atom stereocenters. The predicted molar refractivity (Wildman–Crippen MR) is 48.6 cm³/mol. The van der Waals surface area contributed by atoms with E-state index in [1.165, 1.54) is 0 Å². The van der Waals surface area contributed by atoms with Crippen LogP contribution >= 0.6 is 11.8 Å². The van der Waals surface area contributed by atoms with Gasteiger partial charge in [0.05, 0.1) is 0 Å². The molecule has 0 spiro atoms. The number of alkyl halides is 1. The van der Waals surface area contributed by atoms with E-state index in [1.54, 1.807) is 11.8 Å². The molecule has 1 heterocycles. The molecular formula is C8H16FNS. The minimum atomic E-state index is -0.569. The van der Waals surface area contributed by atoms with Gasteiger partial charge < -0.3 is 5.73 Å². The van der Waals surface area contributed by atoms with Crippen molar-refractivity contribution in [1.29, 1.82) is 0 Å². The Labute approximate surface area is 71.9 Å². The van der Waals surface area contributed by atoms with Crippen molar-refractivity contribution in [3.8, 4) is 0 Å². The van der Waals surface area contributed by atoms with Crippen LogP contribution in [0.5, 0.6) is 0 Å². The molecule has 0 radical (unpaired) electrons. The molecule has 1 saturated heterocycles. The normalized spacial score (nSPS) is 32.2. The first kappa shape index (κ1) is 9.33. The number of nitrogens with two attached hydrogens (primary N) is 1. The highest BCUT2D eigenvalue weighted by Gasteiger charge is 2.23. The second-order valence-corrected chi connectivity index (χ2v) is 4.22. The van der Waals surface area contributed by atoms with Crippen molar-refractivity contribution in [2.24, 2.45) is 11.7 Å². The maximum atomic E-state index is 13.1. The maximum Gasteiger partial charge on any atom is 0.112 e. The topological polar surface area (TPSA) is 26.0 Å². The Kier molecular flexibility index (Phi) is 4.23. The Balaban J connectivity index is 2.18. The van der Waals surface area contributed by atoms with E-state index in [9.17, 15) is 4.39 Å². The molecule has 1 fully saturated rings. The standard InChI is InChI=1S/C8H16FNS/c9-8-6-11-5-3-7(8)2-1-4-10/h7-8H,1-6,10H2. The molecule has 0 saturated carbocycles. The molecule has 0 amide bonds. The van der Waals surface area contributed by atoms with Gasteiger partial charge in [-0.05, 0) is 37.5 Å². The van der Waals surface area contributed by atoms with Gasteiger partial charge >= 0.3 is 0 Å². The molecule has 0 bridgehead atoms. The van der Waals surface area contributed by atoms with Crippen LogP contribution in [0.2, 0.25) is 0 Å². The maximum absolute atomic E-state index is 13.1. The summed E-state index contributed by atoms with van der Waals surface area (Å²) in [4.78, 5) is 0. The average Bonchev–Trinajstić information content (AvgIpc) is 2.03. The molecule has 1 nitrogen and oxygen atoms in total. The fourth-order valence-corrected chi connectivity index (χ4v) is 2.59. The molecule has 0 aromatic heterocycles. The van der Waals surface area contributed by atoms with E-state index in [0.29, 0.717) is 18.2 Å². The quantitative estimate of drug-likeness (QED) is 0.711. The smallest absolute Gasteiger partial charge is 0.112 e. The summed E-state index contributed by atoms with van der Waals surface area (Å²) in [7, 11) is 0. The summed E-state index contributed by atoms with van der Waals surface area (Å²) in [5.41, 5.74) is 5.36. The summed E-state index contributed by atoms with van der Waals surface area (Å²) in [6, 6.07) is 0. The summed E-state index contributed by atoms with van der Waals surface area (Å²) in [6.45, 7) is 0.705. The van der Waals surface area contributed by atoms with Crippen LogP contribution in [-0.4, -0.2) is 24.2 Å². The second kappa shape index (κ2) is 4.99. The first-order valence-electron chi connectivity index (χ1n) is 4.26. The van der Waals surface area contributed by atoms with Gasteiger partial charge in [0, 0.05) is 5.75 Å². The summed E-state index contributed by atoms with van der Waals surface area (Å²) in [6.07, 6.45) is 2.44. The van der Waals surface area contributed by atoms with E-state index in [2.05, 4.69) is 0 Å². The Morgan fingerprint density at radius 3 is 3.00 bits per heavy atom. The van der Waals surface area contributed by atoms with Crippen LogP contribution in [0.25, 0.3) is 0 Å². The van der Waals surface area contributed by atoms with Gasteiger partial charge in [-0.15, -0.1) is 0 Å². The van der Waals surface area contributed by atoms with Crippen molar-refractivity contribution >= 4 is 11.8 Å². The van der Waals surface area contributed by atoms with E-state index >= 15 is 0 Å². The molecule has 3 heteroatoms. The van der Waals surface area contributed by atoms with Gasteiger partial charge in [-0.1, -0.05) is 0 Å². The molecule has 0 aromatic carbocycles. The lowest BCUT2D eigenvalue weighted by Gasteiger charge is -2.25. The summed E-state index contributed by atoms with van der Waals surface area (Å²) in [5.74, 6) is 2.14. The molecule has 11 heavy (non-hydrogen) atoms. The zero-order valence-electron chi connectivity index (χ0n) is 6.76. The second-order valence-electron chi connectivity index (χ2n) is 3.07. The number of hydrogen-bond acceptors (Lipinski definition) is 2. The van der Waals surface area contributed by atoms with Crippen molar-refractivity contribution in [2.75, 3.05) is 18.1 Å². The van der Waals surface area contributed by atoms with Crippen LogP contribution in [0.3, 0.4) is 0 Å². The van der Waals surface area contributed by atoms with Crippen molar-refractivity contribution in [2.45, 2.75) is 25.4 Å². The minimum Gasteiger partial charge on any atom is -0.330 e. The van der Waals surface area contributed by atoms with E-state index in [1.807, 2.05) is 0 Å². The number of thioether (sulfide) groups is 1. The molecule has 0 aromatic rings. The van der Waals surface area contributed by atoms with Crippen LogP contribution in [0, 0.1) is 5.92 Å². The highest BCUT2D eigenvalue weighted by Crippen LogP contribution is 2.28. The van der Waals surface area contributed by atoms with E-state index in [4.69, 9.17) is 5.73 Å². The van der Waals surface area contributed by atoms with Crippen molar-refractivity contribution < 1.29 is 4.39 Å². The first-order chi connectivity index (χ1) is 5.34. The molecule has 1 aliphatic rings. The zero-order valence-corrected chi connectivity index (χ0v) is 7.58. The first-order valence-corrected chi connectivity index (χ1v) is 5.42. The van der Waals surface area contributed by atoms with Crippen LogP contribution < -0.4 is 5.73 Å². The minimum absolute atomic E-state index is 0.305. The Morgan fingerprint density at radius 1 is 1.55 bits per heavy atom. The van der Waals surface area contributed by atoms with E-state index in [0.717, 1.165) is 25.0 Å². The third-order valence-corrected chi connectivity index (χ3v) is 3.28. The monoisotopic (exact) mass is 177 g/mol.